The zero-order valence-electron chi connectivity index (χ0n) is 15.2. The molecule has 0 spiro atoms. The number of para-hydroxylation sites is 3. The molecule has 0 saturated carbocycles. The smallest absolute Gasteiger partial charge is 0.221 e. The zero-order chi connectivity index (χ0) is 19.3. The molecule has 4 rings (SSSR count). The van der Waals surface area contributed by atoms with E-state index in [0.29, 0.717) is 30.3 Å². The molecule has 5 heteroatoms. The molecular formula is C23H20ClNO3. The molecule has 0 atom stereocenters. The fourth-order valence-corrected chi connectivity index (χ4v) is 3.59. The van der Waals surface area contributed by atoms with Crippen LogP contribution in [0.25, 0.3) is 0 Å². The van der Waals surface area contributed by atoms with Gasteiger partial charge >= 0.3 is 0 Å². The van der Waals surface area contributed by atoms with Gasteiger partial charge in [0.15, 0.2) is 0 Å². The molecule has 1 amide bonds. The molecule has 0 fully saturated rings. The zero-order valence-corrected chi connectivity index (χ0v) is 16.0. The quantitative estimate of drug-likeness (QED) is 0.588. The molecule has 1 N–H and O–H groups in total. The van der Waals surface area contributed by atoms with E-state index in [1.54, 1.807) is 12.1 Å². The third kappa shape index (κ3) is 3.97. The highest BCUT2D eigenvalue weighted by molar-refractivity contribution is 6.32. The normalized spacial score (nSPS) is 12.5. The summed E-state index contributed by atoms with van der Waals surface area (Å²) in [6.45, 7) is 0.771. The maximum Gasteiger partial charge on any atom is 0.221 e. The van der Waals surface area contributed by atoms with Crippen molar-refractivity contribution in [2.75, 3.05) is 13.2 Å². The molecule has 0 unspecified atom stereocenters. The minimum absolute atomic E-state index is 0.0285. The number of carbonyl (C=O) groups excluding carboxylic acids is 1. The van der Waals surface area contributed by atoms with Gasteiger partial charge in [0.2, 0.25) is 5.91 Å². The van der Waals surface area contributed by atoms with Gasteiger partial charge in [-0.25, -0.2) is 0 Å². The Balaban J connectivity index is 1.39. The molecule has 4 nitrogen and oxygen atoms in total. The number of benzene rings is 3. The average Bonchev–Trinajstić information content (AvgIpc) is 2.72. The first-order valence-corrected chi connectivity index (χ1v) is 9.60. The number of nitrogens with one attached hydrogen (secondary N) is 1. The lowest BCUT2D eigenvalue weighted by atomic mass is 9.85. The molecule has 142 valence electrons. The minimum atomic E-state index is -0.0364. The Bertz CT molecular complexity index is 943. The first-order valence-electron chi connectivity index (χ1n) is 9.22. The molecule has 28 heavy (non-hydrogen) atoms. The maximum absolute atomic E-state index is 12.6. The highest BCUT2D eigenvalue weighted by Crippen LogP contribution is 2.45. The van der Waals surface area contributed by atoms with Crippen molar-refractivity contribution in [1.29, 1.82) is 0 Å². The van der Waals surface area contributed by atoms with Gasteiger partial charge in [-0.3, -0.25) is 4.79 Å². The number of hydrogen-bond acceptors (Lipinski definition) is 3. The summed E-state index contributed by atoms with van der Waals surface area (Å²) in [4.78, 5) is 12.6. The Morgan fingerprint density at radius 3 is 2.21 bits per heavy atom. The van der Waals surface area contributed by atoms with Crippen LogP contribution in [0.2, 0.25) is 5.02 Å². The van der Waals surface area contributed by atoms with Crippen molar-refractivity contribution < 1.29 is 14.3 Å². The molecule has 0 radical (unpaired) electrons. The summed E-state index contributed by atoms with van der Waals surface area (Å²) in [6.07, 6.45) is 0.351. The van der Waals surface area contributed by atoms with E-state index in [4.69, 9.17) is 21.1 Å². The standard InChI is InChI=1S/C23H20ClNO3/c24-19-9-3-6-12-22(19)27-14-13-25-23(26)15-18-16-7-1-4-10-20(16)28-21-11-5-2-8-17(18)21/h1-12,18H,13-15H2,(H,25,26). The second-order valence-electron chi connectivity index (χ2n) is 6.56. The van der Waals surface area contributed by atoms with E-state index in [-0.39, 0.29) is 11.8 Å². The third-order valence-corrected chi connectivity index (χ3v) is 5.03. The van der Waals surface area contributed by atoms with Gasteiger partial charge in [0.25, 0.3) is 0 Å². The highest BCUT2D eigenvalue weighted by Gasteiger charge is 2.28. The van der Waals surface area contributed by atoms with Crippen LogP contribution >= 0.6 is 11.6 Å². The summed E-state index contributed by atoms with van der Waals surface area (Å²) in [5.74, 6) is 2.16. The van der Waals surface area contributed by atoms with Crippen molar-refractivity contribution >= 4 is 17.5 Å². The summed E-state index contributed by atoms with van der Waals surface area (Å²) >= 11 is 6.07. The van der Waals surface area contributed by atoms with Crippen LogP contribution in [0.3, 0.4) is 0 Å². The highest BCUT2D eigenvalue weighted by atomic mass is 35.5. The lowest BCUT2D eigenvalue weighted by Crippen LogP contribution is -2.30. The van der Waals surface area contributed by atoms with Crippen molar-refractivity contribution in [1.82, 2.24) is 5.32 Å². The fraction of sp³-hybridized carbons (Fsp3) is 0.174. The van der Waals surface area contributed by atoms with Crippen molar-refractivity contribution in [2.24, 2.45) is 0 Å². The largest absolute Gasteiger partial charge is 0.490 e. The monoisotopic (exact) mass is 393 g/mol. The number of halogens is 1. The molecule has 3 aromatic carbocycles. The number of hydrogen-bond donors (Lipinski definition) is 1. The van der Waals surface area contributed by atoms with Crippen molar-refractivity contribution in [3.63, 3.8) is 0 Å². The predicted molar refractivity (Wildman–Crippen MR) is 109 cm³/mol. The Labute approximate surface area is 169 Å². The predicted octanol–water partition coefficient (Wildman–Crippen LogP) is 5.16. The van der Waals surface area contributed by atoms with Crippen LogP contribution < -0.4 is 14.8 Å². The maximum atomic E-state index is 12.6. The summed E-state index contributed by atoms with van der Waals surface area (Å²) in [6, 6.07) is 23.0. The minimum Gasteiger partial charge on any atom is -0.490 e. The van der Waals surface area contributed by atoms with E-state index >= 15 is 0 Å². The Hall–Kier alpha value is -2.98. The molecule has 1 heterocycles. The molecule has 0 bridgehead atoms. The number of amides is 1. The number of ether oxygens (including phenoxy) is 2. The third-order valence-electron chi connectivity index (χ3n) is 4.72. The molecule has 0 saturated heterocycles. The van der Waals surface area contributed by atoms with Crippen LogP contribution in [-0.2, 0) is 4.79 Å². The number of rotatable bonds is 6. The molecular weight excluding hydrogens is 374 g/mol. The molecule has 0 aliphatic carbocycles. The topological polar surface area (TPSA) is 47.6 Å². The summed E-state index contributed by atoms with van der Waals surface area (Å²) in [7, 11) is 0. The van der Waals surface area contributed by atoms with Crippen LogP contribution in [0.4, 0.5) is 0 Å². The second-order valence-corrected chi connectivity index (χ2v) is 6.97. The lowest BCUT2D eigenvalue weighted by molar-refractivity contribution is -0.121. The molecule has 1 aliphatic heterocycles. The van der Waals surface area contributed by atoms with Gasteiger partial charge in [0, 0.05) is 23.5 Å². The Morgan fingerprint density at radius 2 is 1.54 bits per heavy atom. The van der Waals surface area contributed by atoms with Crippen molar-refractivity contribution in [3.05, 3.63) is 88.9 Å². The van der Waals surface area contributed by atoms with Crippen LogP contribution in [0.1, 0.15) is 23.5 Å². The number of fused-ring (bicyclic) bond motifs is 2. The van der Waals surface area contributed by atoms with Crippen LogP contribution in [0, 0.1) is 0 Å². The van der Waals surface area contributed by atoms with Gasteiger partial charge in [0.1, 0.15) is 23.9 Å². The van der Waals surface area contributed by atoms with Crippen LogP contribution in [-0.4, -0.2) is 19.1 Å². The van der Waals surface area contributed by atoms with E-state index < -0.39 is 0 Å². The van der Waals surface area contributed by atoms with Gasteiger partial charge < -0.3 is 14.8 Å². The van der Waals surface area contributed by atoms with E-state index in [9.17, 15) is 4.79 Å². The first kappa shape index (κ1) is 18.4. The van der Waals surface area contributed by atoms with Crippen molar-refractivity contribution in [2.45, 2.75) is 12.3 Å². The van der Waals surface area contributed by atoms with Gasteiger partial charge in [-0.1, -0.05) is 60.1 Å². The van der Waals surface area contributed by atoms with E-state index in [1.807, 2.05) is 60.7 Å². The summed E-state index contributed by atoms with van der Waals surface area (Å²) < 4.78 is 11.6. The average molecular weight is 394 g/mol. The van der Waals surface area contributed by atoms with Crippen LogP contribution in [0.5, 0.6) is 17.2 Å². The fourth-order valence-electron chi connectivity index (χ4n) is 3.40. The summed E-state index contributed by atoms with van der Waals surface area (Å²) in [5, 5.41) is 3.49. The molecule has 1 aliphatic rings. The molecule has 3 aromatic rings. The first-order chi connectivity index (χ1) is 13.7. The lowest BCUT2D eigenvalue weighted by Gasteiger charge is -2.27. The van der Waals surface area contributed by atoms with Crippen molar-refractivity contribution in [3.8, 4) is 17.2 Å². The van der Waals surface area contributed by atoms with E-state index in [1.165, 1.54) is 0 Å². The van der Waals surface area contributed by atoms with E-state index in [2.05, 4.69) is 5.32 Å². The SMILES string of the molecule is O=C(CC1c2ccccc2Oc2ccccc21)NCCOc1ccccc1Cl. The summed E-state index contributed by atoms with van der Waals surface area (Å²) in [5.41, 5.74) is 2.06. The Morgan fingerprint density at radius 1 is 0.929 bits per heavy atom. The second kappa shape index (κ2) is 8.36. The van der Waals surface area contributed by atoms with Gasteiger partial charge in [-0.05, 0) is 24.3 Å². The Kier molecular flexibility index (Phi) is 5.49. The van der Waals surface area contributed by atoms with Gasteiger partial charge in [-0.2, -0.15) is 0 Å². The number of carbonyl (C=O) groups is 1. The van der Waals surface area contributed by atoms with Gasteiger partial charge in [-0.15, -0.1) is 0 Å². The van der Waals surface area contributed by atoms with Crippen LogP contribution in [0.15, 0.2) is 72.8 Å². The van der Waals surface area contributed by atoms with Gasteiger partial charge in [0.05, 0.1) is 11.6 Å². The van der Waals surface area contributed by atoms with E-state index in [0.717, 1.165) is 22.6 Å². The molecule has 0 aromatic heterocycles.